The Hall–Kier alpha value is -2.21. The number of benzene rings is 1. The zero-order valence-corrected chi connectivity index (χ0v) is 11.6. The zero-order valence-electron chi connectivity index (χ0n) is 11.6. The number of ketones is 1. The SMILES string of the molecule is COCCCNC(=O)C(=O)Nc1ccc(C(C)=O)cc1. The Morgan fingerprint density at radius 1 is 1.10 bits per heavy atom. The highest BCUT2D eigenvalue weighted by Gasteiger charge is 2.12. The summed E-state index contributed by atoms with van der Waals surface area (Å²) < 4.78 is 4.83. The van der Waals surface area contributed by atoms with Crippen LogP contribution in [0.15, 0.2) is 24.3 Å². The average Bonchev–Trinajstić information content (AvgIpc) is 2.44. The lowest BCUT2D eigenvalue weighted by Crippen LogP contribution is -2.36. The topological polar surface area (TPSA) is 84.5 Å². The van der Waals surface area contributed by atoms with Gasteiger partial charge in [-0.05, 0) is 37.6 Å². The molecule has 20 heavy (non-hydrogen) atoms. The van der Waals surface area contributed by atoms with E-state index >= 15 is 0 Å². The predicted molar refractivity (Wildman–Crippen MR) is 74.6 cm³/mol. The van der Waals surface area contributed by atoms with Crippen LogP contribution in [0, 0.1) is 0 Å². The van der Waals surface area contributed by atoms with E-state index in [1.165, 1.54) is 6.92 Å². The number of amides is 2. The smallest absolute Gasteiger partial charge is 0.313 e. The number of nitrogens with one attached hydrogen (secondary N) is 2. The van der Waals surface area contributed by atoms with Gasteiger partial charge in [-0.2, -0.15) is 0 Å². The van der Waals surface area contributed by atoms with E-state index in [2.05, 4.69) is 10.6 Å². The number of Topliss-reactive ketones (excluding diaryl/α,β-unsaturated/α-hetero) is 1. The fourth-order valence-electron chi connectivity index (χ4n) is 1.47. The quantitative estimate of drug-likeness (QED) is 0.461. The van der Waals surface area contributed by atoms with Gasteiger partial charge in [0.1, 0.15) is 0 Å². The molecular weight excluding hydrogens is 260 g/mol. The minimum absolute atomic E-state index is 0.0567. The lowest BCUT2D eigenvalue weighted by atomic mass is 10.1. The van der Waals surface area contributed by atoms with Crippen molar-refractivity contribution in [1.82, 2.24) is 5.32 Å². The molecule has 1 aromatic carbocycles. The maximum absolute atomic E-state index is 11.6. The molecule has 0 saturated heterocycles. The molecule has 0 atom stereocenters. The molecule has 108 valence electrons. The molecule has 2 N–H and O–H groups in total. The second-order valence-corrected chi connectivity index (χ2v) is 4.19. The van der Waals surface area contributed by atoms with Crippen LogP contribution in [0.4, 0.5) is 5.69 Å². The van der Waals surface area contributed by atoms with Gasteiger partial charge < -0.3 is 15.4 Å². The molecule has 0 heterocycles. The molecule has 0 saturated carbocycles. The van der Waals surface area contributed by atoms with Crippen LogP contribution in [-0.2, 0) is 14.3 Å². The molecule has 0 aliphatic heterocycles. The lowest BCUT2D eigenvalue weighted by Gasteiger charge is -2.06. The van der Waals surface area contributed by atoms with Gasteiger partial charge in [-0.1, -0.05) is 0 Å². The van der Waals surface area contributed by atoms with Crippen molar-refractivity contribution in [2.45, 2.75) is 13.3 Å². The van der Waals surface area contributed by atoms with Gasteiger partial charge >= 0.3 is 11.8 Å². The highest BCUT2D eigenvalue weighted by atomic mass is 16.5. The monoisotopic (exact) mass is 278 g/mol. The molecule has 0 aliphatic carbocycles. The molecule has 2 amide bonds. The predicted octanol–water partition coefficient (Wildman–Crippen LogP) is 0.980. The summed E-state index contributed by atoms with van der Waals surface area (Å²) in [4.78, 5) is 34.1. The van der Waals surface area contributed by atoms with Crippen LogP contribution in [0.5, 0.6) is 0 Å². The molecule has 6 nitrogen and oxygen atoms in total. The van der Waals surface area contributed by atoms with Crippen molar-refractivity contribution >= 4 is 23.3 Å². The Kier molecular flexibility index (Phi) is 6.39. The minimum Gasteiger partial charge on any atom is -0.385 e. The van der Waals surface area contributed by atoms with Crippen LogP contribution in [-0.4, -0.2) is 37.9 Å². The van der Waals surface area contributed by atoms with Crippen molar-refractivity contribution in [2.75, 3.05) is 25.6 Å². The summed E-state index contributed by atoms with van der Waals surface area (Å²) in [6, 6.07) is 6.34. The van der Waals surface area contributed by atoms with Crippen molar-refractivity contribution < 1.29 is 19.1 Å². The Morgan fingerprint density at radius 2 is 1.75 bits per heavy atom. The van der Waals surface area contributed by atoms with Gasteiger partial charge in [0.25, 0.3) is 0 Å². The van der Waals surface area contributed by atoms with Crippen LogP contribution in [0.25, 0.3) is 0 Å². The number of rotatable bonds is 6. The Balaban J connectivity index is 2.44. The van der Waals surface area contributed by atoms with Crippen molar-refractivity contribution in [1.29, 1.82) is 0 Å². The van der Waals surface area contributed by atoms with Gasteiger partial charge in [0.2, 0.25) is 0 Å². The maximum atomic E-state index is 11.6. The Morgan fingerprint density at radius 3 is 2.30 bits per heavy atom. The lowest BCUT2D eigenvalue weighted by molar-refractivity contribution is -0.136. The second-order valence-electron chi connectivity index (χ2n) is 4.19. The summed E-state index contributed by atoms with van der Waals surface area (Å²) in [6.45, 7) is 2.36. The van der Waals surface area contributed by atoms with Crippen molar-refractivity contribution in [3.05, 3.63) is 29.8 Å². The second kappa shape index (κ2) is 8.06. The Labute approximate surface area is 117 Å². The number of ether oxygens (including phenoxy) is 1. The third-order valence-corrected chi connectivity index (χ3v) is 2.57. The summed E-state index contributed by atoms with van der Waals surface area (Å²) in [5.74, 6) is -1.49. The molecular formula is C14H18N2O4. The minimum atomic E-state index is -0.738. The number of hydrogen-bond acceptors (Lipinski definition) is 4. The molecule has 0 spiro atoms. The summed E-state index contributed by atoms with van der Waals surface area (Å²) in [7, 11) is 1.57. The first-order valence-electron chi connectivity index (χ1n) is 6.23. The third kappa shape index (κ3) is 5.19. The van der Waals surface area contributed by atoms with Crippen molar-refractivity contribution in [3.63, 3.8) is 0 Å². The van der Waals surface area contributed by atoms with E-state index in [-0.39, 0.29) is 5.78 Å². The van der Waals surface area contributed by atoms with Crippen LogP contribution in [0.1, 0.15) is 23.7 Å². The third-order valence-electron chi connectivity index (χ3n) is 2.57. The van der Waals surface area contributed by atoms with E-state index in [4.69, 9.17) is 4.74 Å². The van der Waals surface area contributed by atoms with Gasteiger partial charge in [0, 0.05) is 31.5 Å². The standard InChI is InChI=1S/C14H18N2O4/c1-10(17)11-4-6-12(7-5-11)16-14(19)13(18)15-8-3-9-20-2/h4-7H,3,8-9H2,1-2H3,(H,15,18)(H,16,19). The summed E-state index contributed by atoms with van der Waals surface area (Å²) in [6.07, 6.45) is 0.642. The summed E-state index contributed by atoms with van der Waals surface area (Å²) in [5, 5.41) is 4.94. The van der Waals surface area contributed by atoms with E-state index in [1.807, 2.05) is 0 Å². The first-order valence-corrected chi connectivity index (χ1v) is 6.23. The molecule has 0 radical (unpaired) electrons. The molecule has 6 heteroatoms. The molecule has 1 aromatic rings. The van der Waals surface area contributed by atoms with E-state index in [9.17, 15) is 14.4 Å². The van der Waals surface area contributed by atoms with Crippen molar-refractivity contribution in [2.24, 2.45) is 0 Å². The number of methoxy groups -OCH3 is 1. The van der Waals surface area contributed by atoms with E-state index in [0.717, 1.165) is 0 Å². The number of carbonyl (C=O) groups is 3. The molecule has 0 aromatic heterocycles. The van der Waals surface area contributed by atoms with E-state index in [1.54, 1.807) is 31.4 Å². The van der Waals surface area contributed by atoms with E-state index in [0.29, 0.717) is 30.8 Å². The van der Waals surface area contributed by atoms with Crippen LogP contribution >= 0.6 is 0 Å². The van der Waals surface area contributed by atoms with Gasteiger partial charge in [-0.15, -0.1) is 0 Å². The fourth-order valence-corrected chi connectivity index (χ4v) is 1.47. The van der Waals surface area contributed by atoms with Gasteiger partial charge in [0.15, 0.2) is 5.78 Å². The number of anilines is 1. The first kappa shape index (κ1) is 15.8. The molecule has 0 bridgehead atoms. The highest BCUT2D eigenvalue weighted by Crippen LogP contribution is 2.09. The summed E-state index contributed by atoms with van der Waals surface area (Å²) >= 11 is 0. The molecule has 1 rings (SSSR count). The largest absolute Gasteiger partial charge is 0.385 e. The van der Waals surface area contributed by atoms with Crippen LogP contribution < -0.4 is 10.6 Å². The van der Waals surface area contributed by atoms with Gasteiger partial charge in [0.05, 0.1) is 0 Å². The zero-order chi connectivity index (χ0) is 15.0. The van der Waals surface area contributed by atoms with E-state index < -0.39 is 11.8 Å². The van der Waals surface area contributed by atoms with Crippen LogP contribution in [0.3, 0.4) is 0 Å². The normalized spacial score (nSPS) is 9.90. The highest BCUT2D eigenvalue weighted by molar-refractivity contribution is 6.39. The Bertz CT molecular complexity index is 482. The number of hydrogen-bond donors (Lipinski definition) is 2. The molecule has 0 aliphatic rings. The maximum Gasteiger partial charge on any atom is 0.313 e. The number of carbonyl (C=O) groups excluding carboxylic acids is 3. The summed E-state index contributed by atoms with van der Waals surface area (Å²) in [5.41, 5.74) is 1.01. The molecule has 0 unspecified atom stereocenters. The average molecular weight is 278 g/mol. The van der Waals surface area contributed by atoms with Gasteiger partial charge in [-0.3, -0.25) is 14.4 Å². The first-order chi connectivity index (χ1) is 9.54. The van der Waals surface area contributed by atoms with Crippen LogP contribution in [0.2, 0.25) is 0 Å². The van der Waals surface area contributed by atoms with Crippen molar-refractivity contribution in [3.8, 4) is 0 Å². The molecule has 0 fully saturated rings. The van der Waals surface area contributed by atoms with Gasteiger partial charge in [-0.25, -0.2) is 0 Å². The fraction of sp³-hybridized carbons (Fsp3) is 0.357.